The monoisotopic (exact) mass is 238 g/mol. The molecule has 2 rings (SSSR count). The molecule has 0 radical (unpaired) electrons. The van der Waals surface area contributed by atoms with Crippen LogP contribution in [0.15, 0.2) is 16.1 Å². The number of rotatable bonds is 5. The fraction of sp³-hybridized carbons (Fsp3) is 0.500. The Morgan fingerprint density at radius 1 is 1.44 bits per heavy atom. The SMILES string of the molecule is CC(C)NCCc1nnc(-c2cncs2)o1. The molecule has 0 aliphatic rings. The van der Waals surface area contributed by atoms with Crippen molar-refractivity contribution in [2.75, 3.05) is 6.54 Å². The van der Waals surface area contributed by atoms with Crippen LogP contribution in [0.5, 0.6) is 0 Å². The molecule has 6 heteroatoms. The van der Waals surface area contributed by atoms with Crippen molar-refractivity contribution in [1.82, 2.24) is 20.5 Å². The van der Waals surface area contributed by atoms with E-state index in [4.69, 9.17) is 4.42 Å². The van der Waals surface area contributed by atoms with E-state index >= 15 is 0 Å². The Labute approximate surface area is 97.9 Å². The van der Waals surface area contributed by atoms with Crippen molar-refractivity contribution in [2.24, 2.45) is 0 Å². The van der Waals surface area contributed by atoms with Gasteiger partial charge in [0.1, 0.15) is 4.88 Å². The molecule has 0 unspecified atom stereocenters. The van der Waals surface area contributed by atoms with Crippen molar-refractivity contribution >= 4 is 11.3 Å². The van der Waals surface area contributed by atoms with E-state index in [0.717, 1.165) is 17.8 Å². The number of hydrogen-bond donors (Lipinski definition) is 1. The van der Waals surface area contributed by atoms with E-state index in [9.17, 15) is 0 Å². The third kappa shape index (κ3) is 2.86. The summed E-state index contributed by atoms with van der Waals surface area (Å²) < 4.78 is 5.52. The third-order valence-corrected chi connectivity index (χ3v) is 2.76. The molecule has 2 aromatic rings. The van der Waals surface area contributed by atoms with E-state index in [-0.39, 0.29) is 0 Å². The van der Waals surface area contributed by atoms with Crippen molar-refractivity contribution in [3.63, 3.8) is 0 Å². The second-order valence-corrected chi connectivity index (χ2v) is 4.61. The summed E-state index contributed by atoms with van der Waals surface area (Å²) in [6.07, 6.45) is 2.48. The van der Waals surface area contributed by atoms with E-state index in [2.05, 4.69) is 34.3 Å². The van der Waals surface area contributed by atoms with Gasteiger partial charge in [0, 0.05) is 19.0 Å². The van der Waals surface area contributed by atoms with Gasteiger partial charge in [-0.1, -0.05) is 13.8 Å². The van der Waals surface area contributed by atoms with Crippen LogP contribution < -0.4 is 5.32 Å². The van der Waals surface area contributed by atoms with E-state index in [1.54, 1.807) is 11.7 Å². The van der Waals surface area contributed by atoms with Crippen molar-refractivity contribution in [3.05, 3.63) is 17.6 Å². The Balaban J connectivity index is 1.93. The normalized spacial score (nSPS) is 11.2. The van der Waals surface area contributed by atoms with Gasteiger partial charge in [0.25, 0.3) is 5.89 Å². The number of aromatic nitrogens is 3. The first-order valence-corrected chi connectivity index (χ1v) is 6.08. The first-order chi connectivity index (χ1) is 7.75. The van der Waals surface area contributed by atoms with Crippen molar-refractivity contribution in [3.8, 4) is 10.8 Å². The summed E-state index contributed by atoms with van der Waals surface area (Å²) in [5.74, 6) is 1.22. The Morgan fingerprint density at radius 2 is 2.31 bits per heavy atom. The maximum Gasteiger partial charge on any atom is 0.259 e. The highest BCUT2D eigenvalue weighted by Crippen LogP contribution is 2.21. The molecule has 0 aromatic carbocycles. The van der Waals surface area contributed by atoms with Gasteiger partial charge in [-0.15, -0.1) is 21.5 Å². The smallest absolute Gasteiger partial charge is 0.259 e. The van der Waals surface area contributed by atoms with Crippen LogP contribution in [0.3, 0.4) is 0 Å². The van der Waals surface area contributed by atoms with Crippen LogP contribution in [-0.2, 0) is 6.42 Å². The zero-order chi connectivity index (χ0) is 11.4. The lowest BCUT2D eigenvalue weighted by atomic mass is 10.3. The Kier molecular flexibility index (Phi) is 3.63. The van der Waals surface area contributed by atoms with Crippen LogP contribution in [0.25, 0.3) is 10.8 Å². The minimum Gasteiger partial charge on any atom is -0.420 e. The average Bonchev–Trinajstić information content (AvgIpc) is 2.85. The molecule has 0 saturated carbocycles. The third-order valence-electron chi connectivity index (χ3n) is 2.00. The van der Waals surface area contributed by atoms with E-state index in [0.29, 0.717) is 17.8 Å². The summed E-state index contributed by atoms with van der Waals surface area (Å²) in [5.41, 5.74) is 1.75. The van der Waals surface area contributed by atoms with Gasteiger partial charge < -0.3 is 9.73 Å². The number of thiazole rings is 1. The summed E-state index contributed by atoms with van der Waals surface area (Å²) in [6, 6.07) is 0.476. The molecule has 0 amide bonds. The quantitative estimate of drug-likeness (QED) is 0.859. The second-order valence-electron chi connectivity index (χ2n) is 3.73. The Morgan fingerprint density at radius 3 is 3.00 bits per heavy atom. The van der Waals surface area contributed by atoms with Gasteiger partial charge in [0.05, 0.1) is 11.7 Å². The molecule has 0 fully saturated rings. The summed E-state index contributed by atoms with van der Waals surface area (Å²) in [5, 5.41) is 11.3. The zero-order valence-corrected chi connectivity index (χ0v) is 10.1. The predicted molar refractivity (Wildman–Crippen MR) is 62.2 cm³/mol. The average molecular weight is 238 g/mol. The largest absolute Gasteiger partial charge is 0.420 e. The molecule has 2 aromatic heterocycles. The molecule has 2 heterocycles. The standard InChI is InChI=1S/C10H14N4OS/c1-7(2)12-4-3-9-13-14-10(15-9)8-5-11-6-16-8/h5-7,12H,3-4H2,1-2H3. The van der Waals surface area contributed by atoms with Crippen LogP contribution in [0.2, 0.25) is 0 Å². The predicted octanol–water partition coefficient (Wildman–Crippen LogP) is 1.73. The molecule has 0 spiro atoms. The van der Waals surface area contributed by atoms with Gasteiger partial charge >= 0.3 is 0 Å². The molecule has 1 N–H and O–H groups in total. The first-order valence-electron chi connectivity index (χ1n) is 5.20. The fourth-order valence-corrected chi connectivity index (χ4v) is 1.78. The van der Waals surface area contributed by atoms with Crippen molar-refractivity contribution < 1.29 is 4.42 Å². The highest BCUT2D eigenvalue weighted by molar-refractivity contribution is 7.13. The zero-order valence-electron chi connectivity index (χ0n) is 9.30. The Bertz CT molecular complexity index is 424. The molecule has 0 bridgehead atoms. The molecule has 86 valence electrons. The van der Waals surface area contributed by atoms with Gasteiger partial charge in [-0.05, 0) is 0 Å². The molecule has 0 atom stereocenters. The van der Waals surface area contributed by atoms with Gasteiger partial charge in [0.2, 0.25) is 5.89 Å². The van der Waals surface area contributed by atoms with Gasteiger partial charge in [-0.2, -0.15) is 0 Å². The molecular formula is C10H14N4OS. The molecule has 0 saturated heterocycles. The minimum absolute atomic E-state index is 0.476. The highest BCUT2D eigenvalue weighted by Gasteiger charge is 2.09. The van der Waals surface area contributed by atoms with E-state index in [1.165, 1.54) is 11.3 Å². The molecule has 0 aliphatic heterocycles. The lowest BCUT2D eigenvalue weighted by Gasteiger charge is -2.04. The lowest BCUT2D eigenvalue weighted by molar-refractivity contribution is 0.485. The minimum atomic E-state index is 0.476. The van der Waals surface area contributed by atoms with E-state index in [1.807, 2.05) is 0 Å². The molecule has 0 aliphatic carbocycles. The second kappa shape index (κ2) is 5.18. The van der Waals surface area contributed by atoms with Crippen molar-refractivity contribution in [2.45, 2.75) is 26.3 Å². The first kappa shape index (κ1) is 11.2. The van der Waals surface area contributed by atoms with Crippen LogP contribution in [0, 0.1) is 0 Å². The maximum atomic E-state index is 5.52. The van der Waals surface area contributed by atoms with Gasteiger partial charge in [-0.25, -0.2) is 0 Å². The van der Waals surface area contributed by atoms with E-state index < -0.39 is 0 Å². The lowest BCUT2D eigenvalue weighted by Crippen LogP contribution is -2.25. The van der Waals surface area contributed by atoms with Gasteiger partial charge in [0.15, 0.2) is 0 Å². The van der Waals surface area contributed by atoms with Gasteiger partial charge in [-0.3, -0.25) is 4.98 Å². The molecule has 16 heavy (non-hydrogen) atoms. The van der Waals surface area contributed by atoms with Crippen molar-refractivity contribution in [1.29, 1.82) is 0 Å². The van der Waals surface area contributed by atoms with Crippen LogP contribution in [0.4, 0.5) is 0 Å². The maximum absolute atomic E-state index is 5.52. The highest BCUT2D eigenvalue weighted by atomic mass is 32.1. The molecular weight excluding hydrogens is 224 g/mol. The molecule has 5 nitrogen and oxygen atoms in total. The Hall–Kier alpha value is -1.27. The summed E-state index contributed by atoms with van der Waals surface area (Å²) >= 11 is 1.50. The fourth-order valence-electron chi connectivity index (χ4n) is 1.24. The van der Waals surface area contributed by atoms with Crippen LogP contribution in [0.1, 0.15) is 19.7 Å². The number of nitrogens with one attached hydrogen (secondary N) is 1. The van der Waals surface area contributed by atoms with Crippen LogP contribution in [-0.4, -0.2) is 27.8 Å². The van der Waals surface area contributed by atoms with Crippen LogP contribution >= 0.6 is 11.3 Å². The number of hydrogen-bond acceptors (Lipinski definition) is 6. The summed E-state index contributed by atoms with van der Waals surface area (Å²) in [7, 11) is 0. The number of nitrogens with zero attached hydrogens (tertiary/aromatic N) is 3. The topological polar surface area (TPSA) is 63.8 Å². The summed E-state index contributed by atoms with van der Waals surface area (Å²) in [4.78, 5) is 4.88. The summed E-state index contributed by atoms with van der Waals surface area (Å²) in [6.45, 7) is 5.06.